The molecule has 0 bridgehead atoms. The maximum Gasteiger partial charge on any atom is 0.328 e. The second-order valence-corrected chi connectivity index (χ2v) is 5.62. The maximum absolute atomic E-state index is 12.5. The number of anilines is 1. The molecule has 1 aromatic rings. The molecule has 0 saturated carbocycles. The number of halogens is 1. The molecule has 1 atom stereocenters. The number of hydrogen-bond acceptors (Lipinski definition) is 4. The van der Waals surface area contributed by atoms with Gasteiger partial charge in [-0.2, -0.15) is 0 Å². The summed E-state index contributed by atoms with van der Waals surface area (Å²) in [6.45, 7) is 0.564. The van der Waals surface area contributed by atoms with Crippen molar-refractivity contribution in [1.29, 1.82) is 0 Å². The van der Waals surface area contributed by atoms with Crippen molar-refractivity contribution in [3.63, 3.8) is 0 Å². The molecule has 2 rings (SSSR count). The van der Waals surface area contributed by atoms with Gasteiger partial charge in [0.05, 0.1) is 7.11 Å². The van der Waals surface area contributed by atoms with Gasteiger partial charge < -0.3 is 15.4 Å². The van der Waals surface area contributed by atoms with E-state index >= 15 is 0 Å². The van der Waals surface area contributed by atoms with Gasteiger partial charge in [-0.15, -0.1) is 0 Å². The Labute approximate surface area is 126 Å². The first kappa shape index (κ1) is 14.8. The molecule has 0 radical (unpaired) electrons. The van der Waals surface area contributed by atoms with Gasteiger partial charge in [0, 0.05) is 22.3 Å². The third-order valence-electron chi connectivity index (χ3n) is 3.48. The molecule has 6 heteroatoms. The first-order chi connectivity index (χ1) is 9.54. The number of nitrogens with two attached hydrogens (primary N) is 1. The normalized spacial score (nSPS) is 18.7. The highest BCUT2D eigenvalue weighted by molar-refractivity contribution is 9.10. The Morgan fingerprint density at radius 3 is 2.80 bits per heavy atom. The van der Waals surface area contributed by atoms with Crippen LogP contribution in [0.5, 0.6) is 0 Å². The second-order valence-electron chi connectivity index (χ2n) is 4.77. The van der Waals surface area contributed by atoms with Crippen LogP contribution in [-0.2, 0) is 9.53 Å². The summed E-state index contributed by atoms with van der Waals surface area (Å²) in [4.78, 5) is 25.9. The molecule has 1 aromatic carbocycles. The highest BCUT2D eigenvalue weighted by Crippen LogP contribution is 2.24. The van der Waals surface area contributed by atoms with Gasteiger partial charge in [0.25, 0.3) is 5.91 Å². The van der Waals surface area contributed by atoms with Crippen molar-refractivity contribution in [1.82, 2.24) is 4.90 Å². The molecule has 5 nitrogen and oxygen atoms in total. The number of esters is 1. The van der Waals surface area contributed by atoms with E-state index in [4.69, 9.17) is 10.5 Å². The minimum atomic E-state index is -0.494. The third-order valence-corrected chi connectivity index (χ3v) is 4.20. The van der Waals surface area contributed by atoms with Crippen molar-refractivity contribution in [3.8, 4) is 0 Å². The van der Waals surface area contributed by atoms with Crippen LogP contribution in [0.4, 0.5) is 5.69 Å². The van der Waals surface area contributed by atoms with Gasteiger partial charge in [-0.25, -0.2) is 4.79 Å². The first-order valence-electron chi connectivity index (χ1n) is 6.48. The van der Waals surface area contributed by atoms with Gasteiger partial charge in [0.2, 0.25) is 0 Å². The topological polar surface area (TPSA) is 72.6 Å². The third kappa shape index (κ3) is 2.95. The van der Waals surface area contributed by atoms with Gasteiger partial charge in [-0.05, 0) is 53.4 Å². The zero-order valence-electron chi connectivity index (χ0n) is 11.3. The average molecular weight is 341 g/mol. The van der Waals surface area contributed by atoms with E-state index in [9.17, 15) is 9.59 Å². The molecule has 1 heterocycles. The zero-order valence-corrected chi connectivity index (χ0v) is 12.9. The minimum absolute atomic E-state index is 0.181. The smallest absolute Gasteiger partial charge is 0.328 e. The second kappa shape index (κ2) is 6.26. The predicted octanol–water partition coefficient (Wildman–Crippen LogP) is 2.20. The van der Waals surface area contributed by atoms with E-state index in [0.717, 1.165) is 17.3 Å². The number of benzene rings is 1. The highest BCUT2D eigenvalue weighted by atomic mass is 79.9. The van der Waals surface area contributed by atoms with Crippen molar-refractivity contribution in [3.05, 3.63) is 28.2 Å². The standard InChI is InChI=1S/C14H17BrN2O3/c1-20-14(19)12-4-2-3-7-17(12)13(18)9-5-6-10(15)11(16)8-9/h5-6,8,12H,2-4,7,16H2,1H3. The summed E-state index contributed by atoms with van der Waals surface area (Å²) in [7, 11) is 1.34. The number of likely N-dealkylation sites (tertiary alicyclic amines) is 1. The van der Waals surface area contributed by atoms with E-state index in [1.54, 1.807) is 23.1 Å². The lowest BCUT2D eigenvalue weighted by Crippen LogP contribution is -2.48. The van der Waals surface area contributed by atoms with Crippen molar-refractivity contribution in [2.75, 3.05) is 19.4 Å². The molecule has 1 saturated heterocycles. The maximum atomic E-state index is 12.5. The van der Waals surface area contributed by atoms with Crippen LogP contribution in [0.3, 0.4) is 0 Å². The van der Waals surface area contributed by atoms with E-state index in [1.165, 1.54) is 7.11 Å². The van der Waals surface area contributed by atoms with Crippen LogP contribution in [0, 0.1) is 0 Å². The Kier molecular flexibility index (Phi) is 4.65. The lowest BCUT2D eigenvalue weighted by atomic mass is 10.0. The van der Waals surface area contributed by atoms with Gasteiger partial charge in [-0.3, -0.25) is 4.79 Å². The van der Waals surface area contributed by atoms with Gasteiger partial charge in [-0.1, -0.05) is 0 Å². The zero-order chi connectivity index (χ0) is 14.7. The summed E-state index contributed by atoms with van der Waals surface area (Å²) in [5, 5.41) is 0. The summed E-state index contributed by atoms with van der Waals surface area (Å²) < 4.78 is 5.53. The highest BCUT2D eigenvalue weighted by Gasteiger charge is 2.33. The van der Waals surface area contributed by atoms with Crippen molar-refractivity contribution < 1.29 is 14.3 Å². The van der Waals surface area contributed by atoms with E-state index in [-0.39, 0.29) is 11.9 Å². The molecule has 1 amide bonds. The Balaban J connectivity index is 2.25. The number of ether oxygens (including phenoxy) is 1. The Morgan fingerprint density at radius 1 is 1.40 bits per heavy atom. The SMILES string of the molecule is COC(=O)C1CCCCN1C(=O)c1ccc(Br)c(N)c1. The fourth-order valence-corrected chi connectivity index (χ4v) is 2.64. The fourth-order valence-electron chi connectivity index (χ4n) is 2.40. The molecule has 1 aliphatic rings. The fraction of sp³-hybridized carbons (Fsp3) is 0.429. The monoisotopic (exact) mass is 340 g/mol. The van der Waals surface area contributed by atoms with Crippen LogP contribution in [0.2, 0.25) is 0 Å². The Hall–Kier alpha value is -1.56. The first-order valence-corrected chi connectivity index (χ1v) is 7.27. The molecule has 1 unspecified atom stereocenters. The van der Waals surface area contributed by atoms with Gasteiger partial charge in [0.15, 0.2) is 0 Å². The van der Waals surface area contributed by atoms with E-state index in [0.29, 0.717) is 24.2 Å². The van der Waals surface area contributed by atoms with Crippen molar-refractivity contribution >= 4 is 33.5 Å². The van der Waals surface area contributed by atoms with Crippen LogP contribution in [-0.4, -0.2) is 36.5 Å². The molecular formula is C14H17BrN2O3. The van der Waals surface area contributed by atoms with E-state index in [1.807, 2.05) is 0 Å². The molecule has 108 valence electrons. The summed E-state index contributed by atoms with van der Waals surface area (Å²) in [6, 6.07) is 4.56. The Morgan fingerprint density at radius 2 is 2.15 bits per heavy atom. The molecule has 0 aliphatic carbocycles. The average Bonchev–Trinajstić information content (AvgIpc) is 2.48. The molecule has 2 N–H and O–H groups in total. The number of piperidine rings is 1. The van der Waals surface area contributed by atoms with E-state index < -0.39 is 6.04 Å². The van der Waals surface area contributed by atoms with Crippen LogP contribution >= 0.6 is 15.9 Å². The number of nitrogens with zero attached hydrogens (tertiary/aromatic N) is 1. The molecule has 20 heavy (non-hydrogen) atoms. The van der Waals surface area contributed by atoms with Gasteiger partial charge in [0.1, 0.15) is 6.04 Å². The molecule has 1 fully saturated rings. The summed E-state index contributed by atoms with van der Waals surface area (Å²) in [5.41, 5.74) is 6.79. The lowest BCUT2D eigenvalue weighted by molar-refractivity contribution is -0.147. The van der Waals surface area contributed by atoms with Crippen molar-refractivity contribution in [2.45, 2.75) is 25.3 Å². The number of rotatable bonds is 2. The van der Waals surface area contributed by atoms with Gasteiger partial charge >= 0.3 is 5.97 Å². The predicted molar refractivity (Wildman–Crippen MR) is 79.2 cm³/mol. The number of methoxy groups -OCH3 is 1. The van der Waals surface area contributed by atoms with Crippen LogP contribution in [0.15, 0.2) is 22.7 Å². The molecule has 1 aliphatic heterocycles. The molecular weight excluding hydrogens is 324 g/mol. The number of hydrogen-bond donors (Lipinski definition) is 1. The largest absolute Gasteiger partial charge is 0.467 e. The Bertz CT molecular complexity index is 533. The molecule has 0 aromatic heterocycles. The molecule has 0 spiro atoms. The summed E-state index contributed by atoms with van der Waals surface area (Å²) in [5.74, 6) is -0.539. The van der Waals surface area contributed by atoms with E-state index in [2.05, 4.69) is 15.9 Å². The van der Waals surface area contributed by atoms with Crippen LogP contribution in [0.1, 0.15) is 29.6 Å². The minimum Gasteiger partial charge on any atom is -0.467 e. The number of amides is 1. The summed E-state index contributed by atoms with van der Waals surface area (Å²) >= 11 is 3.30. The quantitative estimate of drug-likeness (QED) is 0.661. The summed E-state index contributed by atoms with van der Waals surface area (Å²) in [6.07, 6.45) is 2.46. The van der Waals surface area contributed by atoms with Crippen LogP contribution < -0.4 is 5.73 Å². The van der Waals surface area contributed by atoms with Crippen LogP contribution in [0.25, 0.3) is 0 Å². The number of nitrogen functional groups attached to an aromatic ring is 1. The number of carbonyl (C=O) groups is 2. The number of carbonyl (C=O) groups excluding carboxylic acids is 2. The van der Waals surface area contributed by atoms with Crippen molar-refractivity contribution in [2.24, 2.45) is 0 Å². The lowest BCUT2D eigenvalue weighted by Gasteiger charge is -2.33.